The largest absolute Gasteiger partial charge is 0.379 e. The van der Waals surface area contributed by atoms with Crippen molar-refractivity contribution in [2.45, 2.75) is 0 Å². The molecule has 1 N–H and O–H groups in total. The molecule has 10 heavy (non-hydrogen) atoms. The zero-order valence-electron chi connectivity index (χ0n) is 5.72. The first-order valence-electron chi connectivity index (χ1n) is 3.03. The smallest absolute Gasteiger partial charge is 0.106 e. The third-order valence-electron chi connectivity index (χ3n) is 1.20. The molecule has 0 spiro atoms. The number of hydrogen-bond acceptors (Lipinski definition) is 1. The predicted octanol–water partition coefficient (Wildman–Crippen LogP) is 1.38. The molecule has 0 bridgehead atoms. The van der Waals surface area contributed by atoms with Crippen LogP contribution in [-0.4, -0.2) is 12.0 Å². The summed E-state index contributed by atoms with van der Waals surface area (Å²) in [6, 6.07) is 10.5. The highest BCUT2D eigenvalue weighted by Crippen LogP contribution is 1.97. The molecular weight excluding hydrogens is 142 g/mol. The second-order valence-corrected chi connectivity index (χ2v) is 2.28. The standard InChI is InChI=1S/C8H8NS/c1-9-8(10)7-5-3-2-4-6-7/h2-3,5-6H,1H3,(H,9,10). The van der Waals surface area contributed by atoms with E-state index in [2.05, 4.69) is 11.4 Å². The van der Waals surface area contributed by atoms with Crippen LogP contribution in [0.15, 0.2) is 24.3 Å². The van der Waals surface area contributed by atoms with Crippen LogP contribution < -0.4 is 5.32 Å². The summed E-state index contributed by atoms with van der Waals surface area (Å²) in [5.74, 6) is 0. The lowest BCUT2D eigenvalue weighted by atomic mass is 10.2. The second-order valence-electron chi connectivity index (χ2n) is 1.87. The normalized spacial score (nSPS) is 8.90. The van der Waals surface area contributed by atoms with Crippen LogP contribution in [0, 0.1) is 6.07 Å². The summed E-state index contributed by atoms with van der Waals surface area (Å²) in [5.41, 5.74) is 1.01. The summed E-state index contributed by atoms with van der Waals surface area (Å²) in [6.07, 6.45) is 0. The van der Waals surface area contributed by atoms with E-state index in [1.807, 2.05) is 31.3 Å². The van der Waals surface area contributed by atoms with Gasteiger partial charge in [-0.1, -0.05) is 30.4 Å². The van der Waals surface area contributed by atoms with Gasteiger partial charge < -0.3 is 5.32 Å². The number of nitrogens with one attached hydrogen (secondary N) is 1. The zero-order valence-corrected chi connectivity index (χ0v) is 6.53. The lowest BCUT2D eigenvalue weighted by Crippen LogP contribution is -2.15. The molecule has 0 amide bonds. The average Bonchev–Trinajstić information content (AvgIpc) is 2.05. The maximum Gasteiger partial charge on any atom is 0.106 e. The summed E-state index contributed by atoms with van der Waals surface area (Å²) in [4.78, 5) is 0.761. The van der Waals surface area contributed by atoms with E-state index in [1.54, 1.807) is 0 Å². The Morgan fingerprint density at radius 1 is 1.70 bits per heavy atom. The minimum Gasteiger partial charge on any atom is -0.379 e. The van der Waals surface area contributed by atoms with E-state index in [1.165, 1.54) is 0 Å². The van der Waals surface area contributed by atoms with Gasteiger partial charge in [-0.15, -0.1) is 0 Å². The molecule has 1 aromatic carbocycles. The third kappa shape index (κ3) is 1.54. The van der Waals surface area contributed by atoms with Crippen molar-refractivity contribution in [2.24, 2.45) is 0 Å². The Labute approximate surface area is 66.1 Å². The molecule has 0 aromatic heterocycles. The van der Waals surface area contributed by atoms with Crippen molar-refractivity contribution in [3.05, 3.63) is 35.9 Å². The van der Waals surface area contributed by atoms with E-state index < -0.39 is 0 Å². The van der Waals surface area contributed by atoms with Gasteiger partial charge in [-0.3, -0.25) is 0 Å². The summed E-state index contributed by atoms with van der Waals surface area (Å²) in [5, 5.41) is 2.89. The summed E-state index contributed by atoms with van der Waals surface area (Å²) in [7, 11) is 1.81. The Bertz CT molecular complexity index is 218. The van der Waals surface area contributed by atoms with Gasteiger partial charge in [-0.25, -0.2) is 0 Å². The fourth-order valence-corrected chi connectivity index (χ4v) is 0.806. The van der Waals surface area contributed by atoms with E-state index in [0.29, 0.717) is 0 Å². The van der Waals surface area contributed by atoms with Gasteiger partial charge in [0.2, 0.25) is 0 Å². The van der Waals surface area contributed by atoms with E-state index in [-0.39, 0.29) is 0 Å². The fraction of sp³-hybridized carbons (Fsp3) is 0.125. The number of hydrogen-bond donors (Lipinski definition) is 1. The summed E-state index contributed by atoms with van der Waals surface area (Å²) >= 11 is 4.99. The molecule has 0 aliphatic rings. The van der Waals surface area contributed by atoms with Crippen LogP contribution in [-0.2, 0) is 0 Å². The lowest BCUT2D eigenvalue weighted by Gasteiger charge is -1.99. The van der Waals surface area contributed by atoms with E-state index in [4.69, 9.17) is 12.2 Å². The van der Waals surface area contributed by atoms with Crippen LogP contribution >= 0.6 is 12.2 Å². The molecule has 1 rings (SSSR count). The van der Waals surface area contributed by atoms with Gasteiger partial charge in [0.05, 0.1) is 0 Å². The van der Waals surface area contributed by atoms with Crippen LogP contribution in [0.2, 0.25) is 0 Å². The van der Waals surface area contributed by atoms with Crippen molar-refractivity contribution in [1.82, 2.24) is 5.32 Å². The molecule has 1 aromatic rings. The highest BCUT2D eigenvalue weighted by atomic mass is 32.1. The molecule has 0 fully saturated rings. The SMILES string of the molecule is CNC(=S)c1c[c]ccc1. The highest BCUT2D eigenvalue weighted by molar-refractivity contribution is 7.80. The van der Waals surface area contributed by atoms with Gasteiger partial charge in [0, 0.05) is 12.6 Å². The van der Waals surface area contributed by atoms with Gasteiger partial charge in [-0.05, 0) is 12.1 Å². The van der Waals surface area contributed by atoms with E-state index in [0.717, 1.165) is 10.6 Å². The maximum absolute atomic E-state index is 4.99. The van der Waals surface area contributed by atoms with Crippen LogP contribution in [0.3, 0.4) is 0 Å². The van der Waals surface area contributed by atoms with Crippen LogP contribution in [0.4, 0.5) is 0 Å². The molecule has 0 heterocycles. The number of benzene rings is 1. The Hall–Kier alpha value is -0.890. The molecular formula is C8H8NS. The van der Waals surface area contributed by atoms with Gasteiger partial charge in [0.15, 0.2) is 0 Å². The van der Waals surface area contributed by atoms with Crippen molar-refractivity contribution < 1.29 is 0 Å². The molecule has 1 radical (unpaired) electrons. The molecule has 0 saturated carbocycles. The first-order valence-corrected chi connectivity index (χ1v) is 3.43. The summed E-state index contributed by atoms with van der Waals surface area (Å²) < 4.78 is 0. The van der Waals surface area contributed by atoms with Crippen molar-refractivity contribution >= 4 is 17.2 Å². The minimum absolute atomic E-state index is 0.761. The van der Waals surface area contributed by atoms with Gasteiger partial charge >= 0.3 is 0 Å². The molecule has 0 aliphatic carbocycles. The van der Waals surface area contributed by atoms with Crippen LogP contribution in [0.1, 0.15) is 5.56 Å². The van der Waals surface area contributed by atoms with Gasteiger partial charge in [0.25, 0.3) is 0 Å². The molecule has 2 heteroatoms. The number of rotatable bonds is 1. The molecule has 51 valence electrons. The second kappa shape index (κ2) is 3.32. The van der Waals surface area contributed by atoms with Gasteiger partial charge in [-0.2, -0.15) is 0 Å². The minimum atomic E-state index is 0.761. The zero-order chi connectivity index (χ0) is 7.40. The molecule has 0 saturated heterocycles. The quantitative estimate of drug-likeness (QED) is 0.607. The highest BCUT2D eigenvalue weighted by Gasteiger charge is 1.93. The first kappa shape index (κ1) is 7.22. The molecule has 1 nitrogen and oxygen atoms in total. The molecule has 0 aliphatic heterocycles. The first-order chi connectivity index (χ1) is 4.84. The Morgan fingerprint density at radius 2 is 2.50 bits per heavy atom. The average molecular weight is 150 g/mol. The van der Waals surface area contributed by atoms with Crippen LogP contribution in [0.25, 0.3) is 0 Å². The van der Waals surface area contributed by atoms with Crippen molar-refractivity contribution in [3.63, 3.8) is 0 Å². The van der Waals surface area contributed by atoms with Crippen molar-refractivity contribution in [1.29, 1.82) is 0 Å². The van der Waals surface area contributed by atoms with E-state index >= 15 is 0 Å². The maximum atomic E-state index is 4.99. The topological polar surface area (TPSA) is 12.0 Å². The van der Waals surface area contributed by atoms with Crippen molar-refractivity contribution in [2.75, 3.05) is 7.05 Å². The third-order valence-corrected chi connectivity index (χ3v) is 1.64. The van der Waals surface area contributed by atoms with Gasteiger partial charge in [0.1, 0.15) is 4.99 Å². The summed E-state index contributed by atoms with van der Waals surface area (Å²) in [6.45, 7) is 0. The fourth-order valence-electron chi connectivity index (χ4n) is 0.679. The Balaban J connectivity index is 2.85. The Kier molecular flexibility index (Phi) is 2.40. The lowest BCUT2D eigenvalue weighted by molar-refractivity contribution is 1.20. The molecule has 0 unspecified atom stereocenters. The van der Waals surface area contributed by atoms with Crippen LogP contribution in [0.5, 0.6) is 0 Å². The van der Waals surface area contributed by atoms with Crippen molar-refractivity contribution in [3.8, 4) is 0 Å². The monoisotopic (exact) mass is 150 g/mol. The number of thiocarbonyl (C=S) groups is 1. The Morgan fingerprint density at radius 3 is 3.00 bits per heavy atom. The predicted molar refractivity (Wildman–Crippen MR) is 46.0 cm³/mol. The van der Waals surface area contributed by atoms with E-state index in [9.17, 15) is 0 Å². The molecule has 0 atom stereocenters.